The molecule has 2 aromatic carbocycles. The lowest BCUT2D eigenvalue weighted by atomic mass is 9.88. The second-order valence-corrected chi connectivity index (χ2v) is 9.76. The molecule has 2 amide bonds. The fourth-order valence-corrected chi connectivity index (χ4v) is 4.68. The fourth-order valence-electron chi connectivity index (χ4n) is 4.40. The molecule has 0 unspecified atom stereocenters. The van der Waals surface area contributed by atoms with E-state index in [1.54, 1.807) is 13.2 Å². The lowest BCUT2D eigenvalue weighted by Crippen LogP contribution is -2.54. The molecule has 0 saturated carbocycles. The summed E-state index contributed by atoms with van der Waals surface area (Å²) in [7, 11) is 3.62. The van der Waals surface area contributed by atoms with Crippen LogP contribution in [0.15, 0.2) is 42.0 Å². The molecule has 0 aromatic heterocycles. The minimum absolute atomic E-state index is 0.00351. The first-order valence-corrected chi connectivity index (χ1v) is 11.5. The third-order valence-corrected chi connectivity index (χ3v) is 7.00. The van der Waals surface area contributed by atoms with Gasteiger partial charge >= 0.3 is 0 Å². The summed E-state index contributed by atoms with van der Waals surface area (Å²) in [5.41, 5.74) is 6.42. The van der Waals surface area contributed by atoms with Gasteiger partial charge in [0.05, 0.1) is 18.3 Å². The van der Waals surface area contributed by atoms with Crippen LogP contribution >= 0.6 is 12.2 Å². The van der Waals surface area contributed by atoms with Crippen LogP contribution in [-0.4, -0.2) is 36.6 Å². The van der Waals surface area contributed by atoms with Crippen molar-refractivity contribution in [2.24, 2.45) is 0 Å². The molecule has 0 bridgehead atoms. The molecule has 176 valence electrons. The van der Waals surface area contributed by atoms with Crippen molar-refractivity contribution in [3.8, 4) is 5.75 Å². The number of amides is 2. The standard InChI is InChI=1S/C27H29N3O3S/c1-15-8-9-19(10-16(15)2)30-25(32)21(24(31)28-26(30)34)12-18-11-20-17(3)14-27(4,5)29(6)22(20)13-23(18)33-7/h8-14H,1-7H3,(H,28,31,34)/b21-12-. The van der Waals surface area contributed by atoms with Crippen molar-refractivity contribution in [3.05, 3.63) is 64.2 Å². The van der Waals surface area contributed by atoms with E-state index in [4.69, 9.17) is 17.0 Å². The van der Waals surface area contributed by atoms with E-state index in [1.165, 1.54) is 4.90 Å². The number of anilines is 2. The monoisotopic (exact) mass is 475 g/mol. The lowest BCUT2D eigenvalue weighted by Gasteiger charge is -2.41. The molecule has 2 heterocycles. The number of carbonyl (C=O) groups excluding carboxylic acids is 2. The zero-order valence-corrected chi connectivity index (χ0v) is 21.4. The van der Waals surface area contributed by atoms with Gasteiger partial charge in [-0.25, -0.2) is 0 Å². The molecule has 4 rings (SSSR count). The van der Waals surface area contributed by atoms with Crippen LogP contribution in [0, 0.1) is 13.8 Å². The van der Waals surface area contributed by atoms with Gasteiger partial charge < -0.3 is 9.64 Å². The first kappa shape index (κ1) is 23.7. The SMILES string of the molecule is COc1cc2c(cc1/C=C1/C(=O)NC(=S)N(c3ccc(C)c(C)c3)C1=O)C(C)=CC(C)(C)N2C. The Labute approximate surface area is 205 Å². The van der Waals surface area contributed by atoms with E-state index in [9.17, 15) is 9.59 Å². The summed E-state index contributed by atoms with van der Waals surface area (Å²) in [5, 5.41) is 2.72. The predicted octanol–water partition coefficient (Wildman–Crippen LogP) is 4.78. The van der Waals surface area contributed by atoms with Crippen molar-refractivity contribution in [2.75, 3.05) is 24.0 Å². The van der Waals surface area contributed by atoms with Crippen molar-refractivity contribution < 1.29 is 14.3 Å². The Morgan fingerprint density at radius 1 is 1.06 bits per heavy atom. The predicted molar refractivity (Wildman–Crippen MR) is 141 cm³/mol. The molecule has 1 fully saturated rings. The number of hydrogen-bond acceptors (Lipinski definition) is 5. The minimum atomic E-state index is -0.527. The number of hydrogen-bond donors (Lipinski definition) is 1. The van der Waals surface area contributed by atoms with Gasteiger partial charge in [-0.3, -0.25) is 19.8 Å². The van der Waals surface area contributed by atoms with Crippen LogP contribution in [0.1, 0.15) is 43.0 Å². The number of likely N-dealkylation sites (N-methyl/N-ethyl adjacent to an activating group) is 1. The van der Waals surface area contributed by atoms with E-state index in [-0.39, 0.29) is 16.2 Å². The normalized spacial score (nSPS) is 18.6. The Morgan fingerprint density at radius 2 is 1.76 bits per heavy atom. The van der Waals surface area contributed by atoms with E-state index in [0.29, 0.717) is 17.0 Å². The van der Waals surface area contributed by atoms with E-state index in [1.807, 2.05) is 51.2 Å². The summed E-state index contributed by atoms with van der Waals surface area (Å²) in [6.07, 6.45) is 3.79. The molecule has 0 aliphatic carbocycles. The highest BCUT2D eigenvalue weighted by molar-refractivity contribution is 7.80. The number of nitrogens with zero attached hydrogens (tertiary/aromatic N) is 2. The Balaban J connectivity index is 1.82. The second-order valence-electron chi connectivity index (χ2n) is 9.38. The number of aryl methyl sites for hydroxylation is 2. The maximum atomic E-state index is 13.5. The van der Waals surface area contributed by atoms with Gasteiger partial charge in [-0.05, 0) is 87.8 Å². The fraction of sp³-hybridized carbons (Fsp3) is 0.296. The summed E-state index contributed by atoms with van der Waals surface area (Å²) >= 11 is 5.34. The summed E-state index contributed by atoms with van der Waals surface area (Å²) in [5.74, 6) is -0.419. The first-order chi connectivity index (χ1) is 15.9. The van der Waals surface area contributed by atoms with Crippen molar-refractivity contribution in [1.29, 1.82) is 0 Å². The third-order valence-electron chi connectivity index (χ3n) is 6.72. The average molecular weight is 476 g/mol. The molecule has 2 aliphatic rings. The Kier molecular flexibility index (Phi) is 5.85. The van der Waals surface area contributed by atoms with Crippen LogP contribution in [0.3, 0.4) is 0 Å². The smallest absolute Gasteiger partial charge is 0.270 e. The Hall–Kier alpha value is -3.45. The number of benzene rings is 2. The van der Waals surface area contributed by atoms with Crippen LogP contribution in [0.4, 0.5) is 11.4 Å². The van der Waals surface area contributed by atoms with Gasteiger partial charge in [-0.15, -0.1) is 0 Å². The van der Waals surface area contributed by atoms with Crippen molar-refractivity contribution in [3.63, 3.8) is 0 Å². The number of thiocarbonyl (C=S) groups is 1. The van der Waals surface area contributed by atoms with Gasteiger partial charge in [-0.2, -0.15) is 0 Å². The number of allylic oxidation sites excluding steroid dienone is 1. The van der Waals surface area contributed by atoms with Gasteiger partial charge in [-0.1, -0.05) is 12.1 Å². The van der Waals surface area contributed by atoms with E-state index in [2.05, 4.69) is 37.1 Å². The average Bonchev–Trinajstić information content (AvgIpc) is 2.76. The molecule has 1 saturated heterocycles. The van der Waals surface area contributed by atoms with E-state index < -0.39 is 11.8 Å². The molecule has 0 radical (unpaired) electrons. The van der Waals surface area contributed by atoms with Gasteiger partial charge in [0.1, 0.15) is 11.3 Å². The molecule has 0 spiro atoms. The number of nitrogens with one attached hydrogen (secondary N) is 1. The van der Waals surface area contributed by atoms with Crippen LogP contribution in [0.2, 0.25) is 0 Å². The van der Waals surface area contributed by atoms with Crippen LogP contribution < -0.4 is 19.9 Å². The highest BCUT2D eigenvalue weighted by atomic mass is 32.1. The summed E-state index contributed by atoms with van der Waals surface area (Å²) < 4.78 is 5.66. The summed E-state index contributed by atoms with van der Waals surface area (Å²) in [6, 6.07) is 9.57. The van der Waals surface area contributed by atoms with Crippen molar-refractivity contribution in [2.45, 2.75) is 40.2 Å². The van der Waals surface area contributed by atoms with E-state index in [0.717, 1.165) is 28.0 Å². The van der Waals surface area contributed by atoms with Gasteiger partial charge in [0.25, 0.3) is 11.8 Å². The van der Waals surface area contributed by atoms with Crippen molar-refractivity contribution in [1.82, 2.24) is 5.32 Å². The highest BCUT2D eigenvalue weighted by Gasteiger charge is 2.35. The molecular weight excluding hydrogens is 446 g/mol. The zero-order chi connectivity index (χ0) is 24.9. The quantitative estimate of drug-likeness (QED) is 0.394. The minimum Gasteiger partial charge on any atom is -0.496 e. The Bertz CT molecular complexity index is 1310. The molecule has 2 aromatic rings. The molecule has 6 nitrogen and oxygen atoms in total. The maximum absolute atomic E-state index is 13.5. The molecule has 34 heavy (non-hydrogen) atoms. The van der Waals surface area contributed by atoms with Crippen LogP contribution in [0.25, 0.3) is 11.6 Å². The first-order valence-electron chi connectivity index (χ1n) is 11.1. The molecule has 2 aliphatic heterocycles. The number of rotatable bonds is 3. The largest absolute Gasteiger partial charge is 0.496 e. The maximum Gasteiger partial charge on any atom is 0.270 e. The number of carbonyl (C=O) groups is 2. The molecular formula is C27H29N3O3S. The van der Waals surface area contributed by atoms with Crippen LogP contribution in [-0.2, 0) is 9.59 Å². The lowest BCUT2D eigenvalue weighted by molar-refractivity contribution is -0.122. The molecule has 7 heteroatoms. The van der Waals surface area contributed by atoms with Gasteiger partial charge in [0.2, 0.25) is 0 Å². The third kappa shape index (κ3) is 3.90. The van der Waals surface area contributed by atoms with Crippen LogP contribution in [0.5, 0.6) is 5.75 Å². The van der Waals surface area contributed by atoms with Crippen molar-refractivity contribution >= 4 is 52.2 Å². The molecule has 0 atom stereocenters. The zero-order valence-electron chi connectivity index (χ0n) is 20.6. The molecule has 1 N–H and O–H groups in total. The topological polar surface area (TPSA) is 61.9 Å². The van der Waals surface area contributed by atoms with E-state index >= 15 is 0 Å². The Morgan fingerprint density at radius 3 is 2.41 bits per heavy atom. The summed E-state index contributed by atoms with van der Waals surface area (Å²) in [4.78, 5) is 29.9. The number of ether oxygens (including phenoxy) is 1. The number of methoxy groups -OCH3 is 1. The second kappa shape index (κ2) is 8.40. The number of fused-ring (bicyclic) bond motifs is 1. The van der Waals surface area contributed by atoms with Gasteiger partial charge in [0.15, 0.2) is 5.11 Å². The summed E-state index contributed by atoms with van der Waals surface area (Å²) in [6.45, 7) is 10.3. The van der Waals surface area contributed by atoms with Gasteiger partial charge in [0, 0.05) is 29.9 Å². The highest BCUT2D eigenvalue weighted by Crippen LogP contribution is 2.42.